The van der Waals surface area contributed by atoms with E-state index in [-0.39, 0.29) is 10.7 Å². The highest BCUT2D eigenvalue weighted by Crippen LogP contribution is 2.20. The third-order valence-corrected chi connectivity index (χ3v) is 4.13. The molecular weight excluding hydrogens is 322 g/mol. The highest BCUT2D eigenvalue weighted by atomic mass is 79.9. The average Bonchev–Trinajstić information content (AvgIpc) is 2.32. The Hall–Kier alpha value is -0.700. The topological polar surface area (TPSA) is 94.3 Å². The van der Waals surface area contributed by atoms with Crippen LogP contribution < -0.4 is 10.5 Å². The third kappa shape index (κ3) is 4.52. The van der Waals surface area contributed by atoms with Gasteiger partial charge in [-0.3, -0.25) is 0 Å². The maximum atomic E-state index is 12.0. The number of pyridine rings is 1. The summed E-state index contributed by atoms with van der Waals surface area (Å²) in [5.74, 6) is -0.0115. The molecule has 0 aliphatic rings. The van der Waals surface area contributed by atoms with Crippen LogP contribution in [0.25, 0.3) is 0 Å². The first kappa shape index (κ1) is 15.4. The van der Waals surface area contributed by atoms with Crippen molar-refractivity contribution in [2.45, 2.75) is 17.7 Å². The van der Waals surface area contributed by atoms with Crippen molar-refractivity contribution in [3.05, 3.63) is 16.7 Å². The molecule has 0 saturated carbocycles. The number of hydrogen-bond acceptors (Lipinski definition) is 5. The monoisotopic (exact) mass is 337 g/mol. The molecule has 0 aliphatic carbocycles. The van der Waals surface area contributed by atoms with Crippen LogP contribution in [-0.4, -0.2) is 33.7 Å². The van der Waals surface area contributed by atoms with Crippen LogP contribution in [0.2, 0.25) is 0 Å². The van der Waals surface area contributed by atoms with E-state index in [2.05, 4.69) is 25.6 Å². The van der Waals surface area contributed by atoms with Gasteiger partial charge in [0.05, 0.1) is 0 Å². The van der Waals surface area contributed by atoms with Crippen molar-refractivity contribution in [1.82, 2.24) is 9.71 Å². The van der Waals surface area contributed by atoms with Crippen LogP contribution >= 0.6 is 15.9 Å². The fraction of sp³-hybridized carbons (Fsp3) is 0.500. The fourth-order valence-corrected chi connectivity index (χ4v) is 2.96. The number of methoxy groups -OCH3 is 1. The summed E-state index contributed by atoms with van der Waals surface area (Å²) in [5, 5.41) is 0. The number of unbranched alkanes of at least 4 members (excludes halogenated alkanes) is 1. The van der Waals surface area contributed by atoms with Crippen LogP contribution in [0.3, 0.4) is 0 Å². The quantitative estimate of drug-likeness (QED) is 0.727. The van der Waals surface area contributed by atoms with Gasteiger partial charge < -0.3 is 10.5 Å². The second-order valence-electron chi connectivity index (χ2n) is 3.63. The molecule has 6 nitrogen and oxygen atoms in total. The Kier molecular flexibility index (Phi) is 6.00. The van der Waals surface area contributed by atoms with Gasteiger partial charge >= 0.3 is 0 Å². The Morgan fingerprint density at radius 1 is 1.50 bits per heavy atom. The summed E-state index contributed by atoms with van der Waals surface area (Å²) in [6.07, 6.45) is 2.95. The van der Waals surface area contributed by atoms with Crippen molar-refractivity contribution < 1.29 is 13.2 Å². The van der Waals surface area contributed by atoms with E-state index in [0.717, 1.165) is 6.42 Å². The first-order valence-electron chi connectivity index (χ1n) is 5.37. The molecule has 18 heavy (non-hydrogen) atoms. The van der Waals surface area contributed by atoms with Gasteiger partial charge in [-0.15, -0.1) is 0 Å². The maximum Gasteiger partial charge on any atom is 0.244 e. The molecule has 102 valence electrons. The highest BCUT2D eigenvalue weighted by molar-refractivity contribution is 9.10. The summed E-state index contributed by atoms with van der Waals surface area (Å²) in [5.41, 5.74) is 5.56. The normalized spacial score (nSPS) is 11.7. The van der Waals surface area contributed by atoms with Gasteiger partial charge in [0.25, 0.3) is 0 Å². The van der Waals surface area contributed by atoms with Crippen LogP contribution in [0.1, 0.15) is 12.8 Å². The minimum Gasteiger partial charge on any atom is -0.385 e. The Bertz CT molecular complexity index is 493. The predicted octanol–water partition coefficient (Wildman–Crippen LogP) is 1.13. The summed E-state index contributed by atoms with van der Waals surface area (Å²) < 4.78 is 31.8. The van der Waals surface area contributed by atoms with E-state index in [0.29, 0.717) is 24.0 Å². The maximum absolute atomic E-state index is 12.0. The average molecular weight is 338 g/mol. The summed E-state index contributed by atoms with van der Waals surface area (Å²) in [7, 11) is -2.00. The second-order valence-corrected chi connectivity index (χ2v) is 6.29. The van der Waals surface area contributed by atoms with Crippen LogP contribution in [0, 0.1) is 0 Å². The Morgan fingerprint density at radius 3 is 2.89 bits per heavy atom. The van der Waals surface area contributed by atoms with Gasteiger partial charge in [0.2, 0.25) is 10.0 Å². The summed E-state index contributed by atoms with van der Waals surface area (Å²) in [6.45, 7) is 0.958. The number of sulfonamides is 1. The molecule has 3 N–H and O–H groups in total. The van der Waals surface area contributed by atoms with Crippen LogP contribution in [0.5, 0.6) is 0 Å². The minimum atomic E-state index is -3.61. The van der Waals surface area contributed by atoms with E-state index in [1.54, 1.807) is 7.11 Å². The number of aromatic nitrogens is 1. The molecule has 0 radical (unpaired) electrons. The molecule has 0 aliphatic heterocycles. The van der Waals surface area contributed by atoms with Gasteiger partial charge in [-0.05, 0) is 34.8 Å². The Balaban J connectivity index is 2.66. The van der Waals surface area contributed by atoms with E-state index in [1.165, 1.54) is 12.3 Å². The lowest BCUT2D eigenvalue weighted by Gasteiger charge is -2.08. The lowest BCUT2D eigenvalue weighted by atomic mass is 10.3. The smallest absolute Gasteiger partial charge is 0.244 e. The number of nitrogens with one attached hydrogen (secondary N) is 1. The SMILES string of the molecule is COCCCCNS(=O)(=O)c1cc(Br)cnc1N. The molecule has 0 fully saturated rings. The van der Waals surface area contributed by atoms with Crippen LogP contribution in [0.4, 0.5) is 5.82 Å². The zero-order chi connectivity index (χ0) is 13.6. The molecular formula is C10H16BrN3O3S. The molecule has 0 unspecified atom stereocenters. The molecule has 1 heterocycles. The Morgan fingerprint density at radius 2 is 2.22 bits per heavy atom. The van der Waals surface area contributed by atoms with Crippen LogP contribution in [-0.2, 0) is 14.8 Å². The largest absolute Gasteiger partial charge is 0.385 e. The lowest BCUT2D eigenvalue weighted by Crippen LogP contribution is -2.26. The van der Waals surface area contributed by atoms with Gasteiger partial charge in [-0.2, -0.15) is 0 Å². The van der Waals surface area contributed by atoms with Crippen molar-refractivity contribution >= 4 is 31.8 Å². The zero-order valence-electron chi connectivity index (χ0n) is 10.0. The first-order valence-corrected chi connectivity index (χ1v) is 7.64. The number of halogens is 1. The predicted molar refractivity (Wildman–Crippen MR) is 72.6 cm³/mol. The molecule has 0 bridgehead atoms. The van der Waals surface area contributed by atoms with Gasteiger partial charge in [-0.25, -0.2) is 18.1 Å². The molecule has 8 heteroatoms. The number of nitrogens with zero attached hydrogens (tertiary/aromatic N) is 1. The molecule has 0 spiro atoms. The van der Waals surface area contributed by atoms with Crippen LogP contribution in [0.15, 0.2) is 21.6 Å². The molecule has 1 rings (SSSR count). The number of hydrogen-bond donors (Lipinski definition) is 2. The van der Waals surface area contributed by atoms with Crippen molar-refractivity contribution in [2.24, 2.45) is 0 Å². The highest BCUT2D eigenvalue weighted by Gasteiger charge is 2.18. The molecule has 1 aromatic rings. The summed E-state index contributed by atoms with van der Waals surface area (Å²) >= 11 is 3.16. The number of ether oxygens (including phenoxy) is 1. The van der Waals surface area contributed by atoms with E-state index >= 15 is 0 Å². The minimum absolute atomic E-state index is 0.0105. The van der Waals surface area contributed by atoms with E-state index in [9.17, 15) is 8.42 Å². The van der Waals surface area contributed by atoms with Crippen molar-refractivity contribution in [3.63, 3.8) is 0 Å². The number of rotatable bonds is 7. The molecule has 1 aromatic heterocycles. The van der Waals surface area contributed by atoms with E-state index < -0.39 is 10.0 Å². The first-order chi connectivity index (χ1) is 8.47. The van der Waals surface area contributed by atoms with Crippen molar-refractivity contribution in [2.75, 3.05) is 26.0 Å². The molecule has 0 saturated heterocycles. The molecule has 0 aromatic carbocycles. The fourth-order valence-electron chi connectivity index (χ4n) is 1.30. The van der Waals surface area contributed by atoms with Crippen molar-refractivity contribution in [1.29, 1.82) is 0 Å². The summed E-state index contributed by atoms with van der Waals surface area (Å²) in [4.78, 5) is 3.78. The van der Waals surface area contributed by atoms with Gasteiger partial charge in [0, 0.05) is 30.9 Å². The number of anilines is 1. The third-order valence-electron chi connectivity index (χ3n) is 2.21. The van der Waals surface area contributed by atoms with Crippen molar-refractivity contribution in [3.8, 4) is 0 Å². The van der Waals surface area contributed by atoms with Gasteiger partial charge in [0.1, 0.15) is 10.7 Å². The summed E-state index contributed by atoms with van der Waals surface area (Å²) in [6, 6.07) is 1.43. The second kappa shape index (κ2) is 7.03. The van der Waals surface area contributed by atoms with E-state index in [1.807, 2.05) is 0 Å². The Labute approximate surface area is 115 Å². The number of nitrogen functional groups attached to an aromatic ring is 1. The van der Waals surface area contributed by atoms with Gasteiger partial charge in [0.15, 0.2) is 0 Å². The lowest BCUT2D eigenvalue weighted by molar-refractivity contribution is 0.193. The molecule has 0 amide bonds. The molecule has 0 atom stereocenters. The van der Waals surface area contributed by atoms with Gasteiger partial charge in [-0.1, -0.05) is 0 Å². The standard InChI is InChI=1S/C10H16BrN3O3S/c1-17-5-3-2-4-14-18(15,16)9-6-8(11)7-13-10(9)12/h6-7,14H,2-5H2,1H3,(H2,12,13). The van der Waals surface area contributed by atoms with E-state index in [4.69, 9.17) is 10.5 Å². The zero-order valence-corrected chi connectivity index (χ0v) is 12.4. The number of nitrogens with two attached hydrogens (primary N) is 1.